The molecule has 0 atom stereocenters. The summed E-state index contributed by atoms with van der Waals surface area (Å²) in [5.41, 5.74) is 9.16. The van der Waals surface area contributed by atoms with Crippen LogP contribution in [0.2, 0.25) is 0 Å². The van der Waals surface area contributed by atoms with Crippen LogP contribution in [0.1, 0.15) is 20.2 Å². The number of hydrogen-bond acceptors (Lipinski definition) is 11. The molecule has 4 aromatic rings. The van der Waals surface area contributed by atoms with Crippen LogP contribution in [0.15, 0.2) is 40.1 Å². The summed E-state index contributed by atoms with van der Waals surface area (Å²) in [4.78, 5) is 14.9. The average molecular weight is 438 g/mol. The zero-order chi connectivity index (χ0) is 21.4. The number of thiophene rings is 1. The van der Waals surface area contributed by atoms with E-state index in [1.807, 2.05) is 19.1 Å². The van der Waals surface area contributed by atoms with Gasteiger partial charge in [0.25, 0.3) is 5.91 Å². The number of amides is 1. The largest absolute Gasteiger partial charge is 0.454 e. The number of rotatable bonds is 5. The van der Waals surface area contributed by atoms with Gasteiger partial charge in [-0.1, -0.05) is 5.21 Å². The normalized spacial score (nSPS) is 12.5. The number of hydrogen-bond donors (Lipinski definition) is 2. The lowest BCUT2D eigenvalue weighted by molar-refractivity contribution is 0.0950. The van der Waals surface area contributed by atoms with Crippen LogP contribution < -0.4 is 20.6 Å². The van der Waals surface area contributed by atoms with Gasteiger partial charge in [0, 0.05) is 15.3 Å². The Labute approximate surface area is 178 Å². The Balaban J connectivity index is 1.53. The minimum absolute atomic E-state index is 0.000718. The molecule has 0 aliphatic carbocycles. The van der Waals surface area contributed by atoms with Crippen molar-refractivity contribution in [1.29, 1.82) is 0 Å². The molecule has 12 nitrogen and oxygen atoms in total. The van der Waals surface area contributed by atoms with Gasteiger partial charge in [0.2, 0.25) is 18.4 Å². The molecule has 3 aromatic heterocycles. The van der Waals surface area contributed by atoms with Crippen molar-refractivity contribution < 1.29 is 18.9 Å². The van der Waals surface area contributed by atoms with Gasteiger partial charge in [-0.15, -0.1) is 16.4 Å². The molecule has 0 radical (unpaired) electrons. The number of nitrogens with two attached hydrogens (primary N) is 1. The highest BCUT2D eigenvalue weighted by Gasteiger charge is 2.26. The monoisotopic (exact) mass is 438 g/mol. The lowest BCUT2D eigenvalue weighted by atomic mass is 10.1. The molecule has 1 aliphatic rings. The predicted molar refractivity (Wildman–Crippen MR) is 109 cm³/mol. The summed E-state index contributed by atoms with van der Waals surface area (Å²) in [5, 5.41) is 19.3. The minimum Gasteiger partial charge on any atom is -0.454 e. The summed E-state index contributed by atoms with van der Waals surface area (Å²) in [6.07, 6.45) is 1.56. The van der Waals surface area contributed by atoms with E-state index < -0.39 is 5.91 Å². The number of anilines is 1. The van der Waals surface area contributed by atoms with Crippen molar-refractivity contribution in [1.82, 2.24) is 30.7 Å². The molecule has 0 bridgehead atoms. The van der Waals surface area contributed by atoms with E-state index in [9.17, 15) is 4.79 Å². The second-order valence-corrected chi connectivity index (χ2v) is 7.71. The van der Waals surface area contributed by atoms with Gasteiger partial charge in [-0.2, -0.15) is 9.78 Å². The van der Waals surface area contributed by atoms with Crippen molar-refractivity contribution in [3.05, 3.63) is 45.8 Å². The van der Waals surface area contributed by atoms with Crippen molar-refractivity contribution in [3.8, 4) is 28.6 Å². The third-order valence-electron chi connectivity index (χ3n) is 4.35. The summed E-state index contributed by atoms with van der Waals surface area (Å²) >= 11 is 1.55. The first-order valence-corrected chi connectivity index (χ1v) is 9.76. The van der Waals surface area contributed by atoms with Gasteiger partial charge < -0.3 is 15.2 Å². The topological polar surface area (TPSA) is 156 Å². The molecule has 13 heteroatoms. The van der Waals surface area contributed by atoms with E-state index in [-0.39, 0.29) is 24.1 Å². The predicted octanol–water partition coefficient (Wildman–Crippen LogP) is 1.76. The van der Waals surface area contributed by atoms with Gasteiger partial charge in [-0.25, -0.2) is 10.1 Å². The molecule has 4 heterocycles. The lowest BCUT2D eigenvalue weighted by Crippen LogP contribution is -2.19. The van der Waals surface area contributed by atoms with E-state index in [4.69, 9.17) is 15.2 Å². The van der Waals surface area contributed by atoms with Crippen molar-refractivity contribution in [2.24, 2.45) is 5.10 Å². The highest BCUT2D eigenvalue weighted by Crippen LogP contribution is 2.37. The molecule has 156 valence electrons. The summed E-state index contributed by atoms with van der Waals surface area (Å²) in [6, 6.07) is 9.03. The minimum atomic E-state index is -0.571. The van der Waals surface area contributed by atoms with Gasteiger partial charge in [-0.3, -0.25) is 4.79 Å². The van der Waals surface area contributed by atoms with Crippen LogP contribution in [0.5, 0.6) is 11.5 Å². The van der Waals surface area contributed by atoms with Crippen molar-refractivity contribution in [3.63, 3.8) is 0 Å². The van der Waals surface area contributed by atoms with Crippen LogP contribution in [0.25, 0.3) is 17.1 Å². The standard InChI is InChI=1S/C18H14N8O4S/c1-9-2-4-11(31-9)7-20-22-18(27)14-15(10-3-5-12-13(6-10)29-8-28-12)26(25-21-14)17-16(19)23-30-24-17/h2-7H,8H2,1H3,(H2,19,23)(H,22,27). The Hall–Kier alpha value is -4.26. The smallest absolute Gasteiger partial charge is 0.294 e. The number of aryl methyl sites for hydroxylation is 1. The summed E-state index contributed by atoms with van der Waals surface area (Å²) in [7, 11) is 0. The first-order valence-electron chi connectivity index (χ1n) is 8.94. The highest BCUT2D eigenvalue weighted by atomic mass is 32.1. The number of nitrogens with zero attached hydrogens (tertiary/aromatic N) is 6. The molecule has 0 spiro atoms. The fraction of sp³-hybridized carbons (Fsp3) is 0.111. The molecule has 1 amide bonds. The van der Waals surface area contributed by atoms with Gasteiger partial charge in [0.1, 0.15) is 5.69 Å². The fourth-order valence-electron chi connectivity index (χ4n) is 2.95. The Kier molecular flexibility index (Phi) is 4.55. The quantitative estimate of drug-likeness (QED) is 0.350. The van der Waals surface area contributed by atoms with Gasteiger partial charge in [0.15, 0.2) is 17.2 Å². The van der Waals surface area contributed by atoms with Gasteiger partial charge in [-0.05, 0) is 47.6 Å². The number of benzene rings is 1. The number of nitrogens with one attached hydrogen (secondary N) is 1. The molecule has 0 saturated carbocycles. The maximum absolute atomic E-state index is 12.9. The zero-order valence-electron chi connectivity index (χ0n) is 16.0. The SMILES string of the molecule is Cc1ccc(C=NNC(=O)c2nnn(-c3nonc3N)c2-c2ccc3c(c2)OCO3)s1. The lowest BCUT2D eigenvalue weighted by Gasteiger charge is -2.06. The maximum Gasteiger partial charge on any atom is 0.294 e. The molecular formula is C18H14N8O4S. The van der Waals surface area contributed by atoms with E-state index >= 15 is 0 Å². The first-order chi connectivity index (χ1) is 15.1. The van der Waals surface area contributed by atoms with Gasteiger partial charge >= 0.3 is 0 Å². The average Bonchev–Trinajstić information content (AvgIpc) is 3.53. The maximum atomic E-state index is 12.9. The number of hydrazone groups is 1. The third-order valence-corrected chi connectivity index (χ3v) is 5.28. The molecule has 1 aliphatic heterocycles. The number of carbonyl (C=O) groups is 1. The third kappa shape index (κ3) is 3.46. The van der Waals surface area contributed by atoms with Crippen molar-refractivity contribution in [2.45, 2.75) is 6.92 Å². The Bertz CT molecular complexity index is 1310. The Morgan fingerprint density at radius 2 is 2.13 bits per heavy atom. The summed E-state index contributed by atoms with van der Waals surface area (Å²) in [5.74, 6) is 0.626. The second kappa shape index (κ2) is 7.53. The first kappa shape index (κ1) is 18.7. The molecule has 1 aromatic carbocycles. The van der Waals surface area contributed by atoms with E-state index in [0.717, 1.165) is 9.75 Å². The van der Waals surface area contributed by atoms with Crippen LogP contribution in [0, 0.1) is 6.92 Å². The highest BCUT2D eigenvalue weighted by molar-refractivity contribution is 7.13. The summed E-state index contributed by atoms with van der Waals surface area (Å²) in [6.45, 7) is 2.10. The van der Waals surface area contributed by atoms with Crippen LogP contribution in [-0.2, 0) is 0 Å². The number of carbonyl (C=O) groups excluding carboxylic acids is 1. The molecule has 0 saturated heterocycles. The van der Waals surface area contributed by atoms with Crippen LogP contribution in [0.3, 0.4) is 0 Å². The van der Waals surface area contributed by atoms with Crippen molar-refractivity contribution in [2.75, 3.05) is 12.5 Å². The number of fused-ring (bicyclic) bond motifs is 1. The number of nitrogen functional groups attached to an aromatic ring is 1. The van der Waals surface area contributed by atoms with Crippen LogP contribution >= 0.6 is 11.3 Å². The van der Waals surface area contributed by atoms with Gasteiger partial charge in [0.05, 0.1) is 6.21 Å². The fourth-order valence-corrected chi connectivity index (χ4v) is 3.70. The molecule has 5 rings (SSSR count). The zero-order valence-corrected chi connectivity index (χ0v) is 16.8. The molecule has 0 fully saturated rings. The van der Waals surface area contributed by atoms with Crippen LogP contribution in [-0.4, -0.2) is 44.2 Å². The second-order valence-electron chi connectivity index (χ2n) is 6.39. The molecule has 3 N–H and O–H groups in total. The van der Waals surface area contributed by atoms with E-state index in [0.29, 0.717) is 22.8 Å². The number of aromatic nitrogens is 5. The van der Waals surface area contributed by atoms with E-state index in [2.05, 4.69) is 35.8 Å². The van der Waals surface area contributed by atoms with E-state index in [1.165, 1.54) is 4.68 Å². The Morgan fingerprint density at radius 1 is 1.26 bits per heavy atom. The van der Waals surface area contributed by atoms with Crippen molar-refractivity contribution >= 4 is 29.3 Å². The molecule has 0 unspecified atom stereocenters. The number of ether oxygens (including phenoxy) is 2. The van der Waals surface area contributed by atoms with Crippen LogP contribution in [0.4, 0.5) is 5.82 Å². The molecule has 31 heavy (non-hydrogen) atoms. The van der Waals surface area contributed by atoms with E-state index in [1.54, 1.807) is 35.8 Å². The molecular weight excluding hydrogens is 424 g/mol. The summed E-state index contributed by atoms with van der Waals surface area (Å²) < 4.78 is 16.7. The Morgan fingerprint density at radius 3 is 2.90 bits per heavy atom.